The maximum absolute atomic E-state index is 12.3. The largest absolute Gasteiger partial charge is 0.453 e. The summed E-state index contributed by atoms with van der Waals surface area (Å²) in [5.74, 6) is -0.223. The van der Waals surface area contributed by atoms with Crippen LogP contribution in [0.15, 0.2) is 36.5 Å². The van der Waals surface area contributed by atoms with Crippen molar-refractivity contribution in [3.05, 3.63) is 58.9 Å². The number of methoxy groups -OCH3 is 1. The number of aromatic nitrogens is 1. The number of amides is 2. The average Bonchev–Trinajstić information content (AvgIpc) is 2.55. The fraction of sp³-hybridized carbons (Fsp3) is 0.235. The van der Waals surface area contributed by atoms with Crippen LogP contribution in [0.5, 0.6) is 0 Å². The smallest absolute Gasteiger partial charge is 0.407 e. The quantitative estimate of drug-likeness (QED) is 0.909. The molecule has 6 heteroatoms. The van der Waals surface area contributed by atoms with E-state index in [4.69, 9.17) is 0 Å². The van der Waals surface area contributed by atoms with Crippen LogP contribution < -0.4 is 10.6 Å². The third-order valence-corrected chi connectivity index (χ3v) is 3.31. The minimum Gasteiger partial charge on any atom is -0.453 e. The molecule has 0 aliphatic heterocycles. The number of nitrogens with one attached hydrogen (secondary N) is 2. The van der Waals surface area contributed by atoms with E-state index in [1.165, 1.54) is 13.3 Å². The zero-order chi connectivity index (χ0) is 16.8. The Bertz CT molecular complexity index is 729. The second-order valence-corrected chi connectivity index (χ2v) is 5.15. The number of benzene rings is 1. The monoisotopic (exact) mass is 313 g/mol. The zero-order valence-corrected chi connectivity index (χ0v) is 13.3. The summed E-state index contributed by atoms with van der Waals surface area (Å²) in [6.07, 6.45) is 0.988. The van der Waals surface area contributed by atoms with Crippen molar-refractivity contribution >= 4 is 17.7 Å². The molecule has 6 nitrogen and oxygen atoms in total. The van der Waals surface area contributed by atoms with Crippen LogP contribution in [0.2, 0.25) is 0 Å². The van der Waals surface area contributed by atoms with Gasteiger partial charge in [0.05, 0.1) is 19.3 Å². The van der Waals surface area contributed by atoms with Crippen molar-refractivity contribution < 1.29 is 14.3 Å². The van der Waals surface area contributed by atoms with Gasteiger partial charge in [-0.15, -0.1) is 0 Å². The highest BCUT2D eigenvalue weighted by Crippen LogP contribution is 2.17. The lowest BCUT2D eigenvalue weighted by Crippen LogP contribution is -2.23. The van der Waals surface area contributed by atoms with Gasteiger partial charge in [0.1, 0.15) is 0 Å². The maximum Gasteiger partial charge on any atom is 0.407 e. The van der Waals surface area contributed by atoms with Gasteiger partial charge >= 0.3 is 6.09 Å². The van der Waals surface area contributed by atoms with Crippen molar-refractivity contribution in [3.8, 4) is 0 Å². The summed E-state index contributed by atoms with van der Waals surface area (Å²) >= 11 is 0. The highest BCUT2D eigenvalue weighted by molar-refractivity contribution is 6.04. The number of hydrogen-bond donors (Lipinski definition) is 2. The van der Waals surface area contributed by atoms with E-state index in [0.717, 1.165) is 16.8 Å². The van der Waals surface area contributed by atoms with Crippen molar-refractivity contribution in [3.63, 3.8) is 0 Å². The number of rotatable bonds is 4. The van der Waals surface area contributed by atoms with Gasteiger partial charge in [-0.05, 0) is 37.6 Å². The molecule has 2 aromatic rings. The van der Waals surface area contributed by atoms with Gasteiger partial charge in [-0.3, -0.25) is 9.78 Å². The van der Waals surface area contributed by atoms with Gasteiger partial charge in [0, 0.05) is 17.4 Å². The van der Waals surface area contributed by atoms with Gasteiger partial charge < -0.3 is 15.4 Å². The first-order valence-electron chi connectivity index (χ1n) is 7.15. The molecule has 23 heavy (non-hydrogen) atoms. The maximum atomic E-state index is 12.3. The van der Waals surface area contributed by atoms with Crippen LogP contribution in [0.4, 0.5) is 10.5 Å². The molecular weight excluding hydrogens is 294 g/mol. The Morgan fingerprint density at radius 2 is 1.96 bits per heavy atom. The van der Waals surface area contributed by atoms with Crippen LogP contribution in [0.1, 0.15) is 27.2 Å². The topological polar surface area (TPSA) is 80.3 Å². The number of alkyl carbamates (subject to hydrolysis) is 1. The van der Waals surface area contributed by atoms with E-state index in [0.29, 0.717) is 11.3 Å². The number of carbonyl (C=O) groups excluding carboxylic acids is 2. The number of anilines is 1. The van der Waals surface area contributed by atoms with Gasteiger partial charge in [0.25, 0.3) is 5.91 Å². The standard InChI is InChI=1S/C17H19N3O3/c1-11-4-5-15(12(2)8-11)20-16(21)13-6-7-18-14(9-13)10-19-17(22)23-3/h4-9H,10H2,1-3H3,(H,19,22)(H,20,21). The second kappa shape index (κ2) is 7.40. The summed E-state index contributed by atoms with van der Waals surface area (Å²) < 4.78 is 4.49. The van der Waals surface area contributed by atoms with Crippen molar-refractivity contribution in [2.24, 2.45) is 0 Å². The van der Waals surface area contributed by atoms with Crippen LogP contribution in [0, 0.1) is 13.8 Å². The van der Waals surface area contributed by atoms with E-state index in [1.54, 1.807) is 12.1 Å². The molecule has 0 aliphatic rings. The van der Waals surface area contributed by atoms with Gasteiger partial charge in [0.2, 0.25) is 0 Å². The Hall–Kier alpha value is -2.89. The Kier molecular flexibility index (Phi) is 5.30. The summed E-state index contributed by atoms with van der Waals surface area (Å²) in [6.45, 7) is 4.14. The van der Waals surface area contributed by atoms with Gasteiger partial charge in [-0.25, -0.2) is 4.79 Å². The molecular formula is C17H19N3O3. The molecule has 120 valence electrons. The van der Waals surface area contributed by atoms with Gasteiger partial charge in [-0.1, -0.05) is 17.7 Å². The second-order valence-electron chi connectivity index (χ2n) is 5.15. The molecule has 0 saturated carbocycles. The third kappa shape index (κ3) is 4.54. The molecule has 2 rings (SSSR count). The minimum atomic E-state index is -0.545. The van der Waals surface area contributed by atoms with Crippen LogP contribution >= 0.6 is 0 Å². The summed E-state index contributed by atoms with van der Waals surface area (Å²) in [7, 11) is 1.29. The van der Waals surface area contributed by atoms with Crippen molar-refractivity contribution in [2.75, 3.05) is 12.4 Å². The Labute approximate surface area is 134 Å². The molecule has 1 aromatic heterocycles. The molecule has 1 heterocycles. The molecule has 0 radical (unpaired) electrons. The van der Waals surface area contributed by atoms with Crippen LogP contribution in [0.25, 0.3) is 0 Å². The fourth-order valence-electron chi connectivity index (χ4n) is 2.10. The average molecular weight is 313 g/mol. The van der Waals surface area contributed by atoms with Gasteiger partial charge in [-0.2, -0.15) is 0 Å². The minimum absolute atomic E-state index is 0.192. The number of ether oxygens (including phenoxy) is 1. The molecule has 0 aliphatic carbocycles. The van der Waals surface area contributed by atoms with E-state index in [1.807, 2.05) is 32.0 Å². The number of pyridine rings is 1. The number of nitrogens with zero attached hydrogens (tertiary/aromatic N) is 1. The number of carbonyl (C=O) groups is 2. The predicted octanol–water partition coefficient (Wildman–Crippen LogP) is 2.81. The van der Waals surface area contributed by atoms with E-state index >= 15 is 0 Å². The first-order chi connectivity index (χ1) is 11.0. The Balaban J connectivity index is 2.08. The Morgan fingerprint density at radius 3 is 2.65 bits per heavy atom. The summed E-state index contributed by atoms with van der Waals surface area (Å²) in [6, 6.07) is 9.09. The molecule has 0 saturated heterocycles. The van der Waals surface area contributed by atoms with Crippen LogP contribution in [0.3, 0.4) is 0 Å². The first-order valence-corrected chi connectivity index (χ1v) is 7.15. The third-order valence-electron chi connectivity index (χ3n) is 3.31. The van der Waals surface area contributed by atoms with Crippen molar-refractivity contribution in [1.29, 1.82) is 0 Å². The molecule has 0 spiro atoms. The highest BCUT2D eigenvalue weighted by atomic mass is 16.5. The normalized spacial score (nSPS) is 10.0. The number of hydrogen-bond acceptors (Lipinski definition) is 4. The highest BCUT2D eigenvalue weighted by Gasteiger charge is 2.09. The van der Waals surface area contributed by atoms with Crippen molar-refractivity contribution in [1.82, 2.24) is 10.3 Å². The summed E-state index contributed by atoms with van der Waals surface area (Å²) in [5, 5.41) is 5.40. The van der Waals surface area contributed by atoms with Gasteiger partial charge in [0.15, 0.2) is 0 Å². The molecule has 0 atom stereocenters. The lowest BCUT2D eigenvalue weighted by Gasteiger charge is -2.10. The number of aryl methyl sites for hydroxylation is 2. The van der Waals surface area contributed by atoms with E-state index < -0.39 is 6.09 Å². The first kappa shape index (κ1) is 16.5. The molecule has 2 amide bonds. The summed E-state index contributed by atoms with van der Waals surface area (Å²) in [5.41, 5.74) is 3.96. The zero-order valence-electron chi connectivity index (χ0n) is 13.3. The van der Waals surface area contributed by atoms with Crippen LogP contribution in [-0.4, -0.2) is 24.1 Å². The predicted molar refractivity (Wildman–Crippen MR) is 87.4 cm³/mol. The summed E-state index contributed by atoms with van der Waals surface area (Å²) in [4.78, 5) is 27.5. The molecule has 2 N–H and O–H groups in total. The Morgan fingerprint density at radius 1 is 1.17 bits per heavy atom. The van der Waals surface area contributed by atoms with E-state index in [2.05, 4.69) is 20.4 Å². The molecule has 0 fully saturated rings. The van der Waals surface area contributed by atoms with E-state index in [9.17, 15) is 9.59 Å². The molecule has 0 bridgehead atoms. The molecule has 1 aromatic carbocycles. The SMILES string of the molecule is COC(=O)NCc1cc(C(=O)Nc2ccc(C)cc2C)ccn1. The van der Waals surface area contributed by atoms with E-state index in [-0.39, 0.29) is 12.5 Å². The van der Waals surface area contributed by atoms with Crippen LogP contribution in [-0.2, 0) is 11.3 Å². The van der Waals surface area contributed by atoms with Crippen molar-refractivity contribution in [2.45, 2.75) is 20.4 Å². The molecule has 0 unspecified atom stereocenters. The lowest BCUT2D eigenvalue weighted by atomic mass is 10.1. The lowest BCUT2D eigenvalue weighted by molar-refractivity contribution is 0.102. The fourth-order valence-corrected chi connectivity index (χ4v) is 2.10.